The lowest BCUT2D eigenvalue weighted by molar-refractivity contribution is 1.20. The molecule has 0 aliphatic heterocycles. The van der Waals surface area contributed by atoms with Crippen LogP contribution in [0.3, 0.4) is 0 Å². The number of thiophene rings is 1. The Morgan fingerprint density at radius 3 is 3.00 bits per heavy atom. The number of hydrogen-bond donors (Lipinski definition) is 0. The predicted molar refractivity (Wildman–Crippen MR) is 63.5 cm³/mol. The Morgan fingerprint density at radius 1 is 1.27 bits per heavy atom. The van der Waals surface area contributed by atoms with Crippen LogP contribution in [0.2, 0.25) is 5.15 Å². The van der Waals surface area contributed by atoms with Gasteiger partial charge in [0.25, 0.3) is 0 Å². The highest BCUT2D eigenvalue weighted by Crippen LogP contribution is 2.27. The molecule has 3 nitrogen and oxygen atoms in total. The molecule has 0 fully saturated rings. The summed E-state index contributed by atoms with van der Waals surface area (Å²) in [5, 5.41) is 5.26. The first-order chi connectivity index (χ1) is 7.34. The number of rotatable bonds is 1. The summed E-state index contributed by atoms with van der Waals surface area (Å²) in [6, 6.07) is 1.92. The van der Waals surface area contributed by atoms with Crippen molar-refractivity contribution in [1.82, 2.24) is 15.0 Å². The van der Waals surface area contributed by atoms with Crippen LogP contribution in [0.5, 0.6) is 0 Å². The first kappa shape index (κ1) is 9.21. The summed E-state index contributed by atoms with van der Waals surface area (Å²) in [6.45, 7) is 0. The third-order valence-corrected chi connectivity index (χ3v) is 3.62. The summed E-state index contributed by atoms with van der Waals surface area (Å²) in [7, 11) is 0. The van der Waals surface area contributed by atoms with Gasteiger partial charge in [-0.25, -0.2) is 15.0 Å². The van der Waals surface area contributed by atoms with Crippen LogP contribution in [-0.2, 0) is 0 Å². The molecule has 0 aromatic carbocycles. The molecule has 0 radical (unpaired) electrons. The van der Waals surface area contributed by atoms with E-state index in [2.05, 4.69) is 15.0 Å². The van der Waals surface area contributed by atoms with Crippen LogP contribution >= 0.6 is 34.3 Å². The van der Waals surface area contributed by atoms with Crippen LogP contribution in [0.25, 0.3) is 21.7 Å². The highest BCUT2D eigenvalue weighted by atomic mass is 35.5. The van der Waals surface area contributed by atoms with E-state index in [1.807, 2.05) is 16.8 Å². The van der Waals surface area contributed by atoms with Gasteiger partial charge in [-0.3, -0.25) is 0 Å². The Hall–Kier alpha value is -1.04. The van der Waals surface area contributed by atoms with E-state index in [0.717, 1.165) is 15.9 Å². The Labute approximate surface area is 98.4 Å². The molecule has 0 saturated carbocycles. The van der Waals surface area contributed by atoms with Gasteiger partial charge in [-0.2, -0.15) is 0 Å². The minimum absolute atomic E-state index is 0.490. The molecule has 0 aliphatic carbocycles. The summed E-state index contributed by atoms with van der Waals surface area (Å²) < 4.78 is 0. The maximum Gasteiger partial charge on any atom is 0.181 e. The van der Waals surface area contributed by atoms with Gasteiger partial charge in [0.2, 0.25) is 0 Å². The fraction of sp³-hybridized carbons (Fsp3) is 0. The molecule has 0 spiro atoms. The lowest BCUT2D eigenvalue weighted by Gasteiger charge is -1.97. The molecular formula is C9H4ClN3S2. The number of aromatic nitrogens is 3. The highest BCUT2D eigenvalue weighted by molar-refractivity contribution is 7.16. The standard InChI is InChI=1S/C9H4ClN3S2/c10-7-5-1-2-15-9(5)13-8(12-7)6-3-14-4-11-6/h1-4H. The molecular weight excluding hydrogens is 250 g/mol. The Morgan fingerprint density at radius 2 is 2.20 bits per heavy atom. The number of hydrogen-bond acceptors (Lipinski definition) is 5. The predicted octanol–water partition coefficient (Wildman–Crippen LogP) is 3.47. The van der Waals surface area contributed by atoms with Gasteiger partial charge < -0.3 is 0 Å². The summed E-state index contributed by atoms with van der Waals surface area (Å²) in [5.41, 5.74) is 2.53. The topological polar surface area (TPSA) is 38.7 Å². The van der Waals surface area contributed by atoms with E-state index in [-0.39, 0.29) is 0 Å². The van der Waals surface area contributed by atoms with Gasteiger partial charge >= 0.3 is 0 Å². The summed E-state index contributed by atoms with van der Waals surface area (Å²) in [4.78, 5) is 13.7. The van der Waals surface area contributed by atoms with E-state index in [9.17, 15) is 0 Å². The molecule has 0 aliphatic rings. The van der Waals surface area contributed by atoms with E-state index < -0.39 is 0 Å². The molecule has 0 atom stereocenters. The average Bonchev–Trinajstić information content (AvgIpc) is 2.88. The van der Waals surface area contributed by atoms with Gasteiger partial charge in [0.1, 0.15) is 15.7 Å². The smallest absolute Gasteiger partial charge is 0.181 e. The lowest BCUT2D eigenvalue weighted by atomic mass is 10.4. The van der Waals surface area contributed by atoms with Crippen LogP contribution in [0, 0.1) is 0 Å². The van der Waals surface area contributed by atoms with Crippen molar-refractivity contribution >= 4 is 44.5 Å². The molecule has 0 unspecified atom stereocenters. The van der Waals surface area contributed by atoms with Crippen molar-refractivity contribution in [2.75, 3.05) is 0 Å². The van der Waals surface area contributed by atoms with Gasteiger partial charge in [-0.1, -0.05) is 11.6 Å². The second-order valence-electron chi connectivity index (χ2n) is 2.85. The Kier molecular flexibility index (Phi) is 2.16. The first-order valence-corrected chi connectivity index (χ1v) is 6.34. The van der Waals surface area contributed by atoms with Crippen molar-refractivity contribution in [3.8, 4) is 11.5 Å². The Bertz CT molecular complexity index is 603. The molecule has 74 valence electrons. The van der Waals surface area contributed by atoms with Crippen molar-refractivity contribution in [2.24, 2.45) is 0 Å². The van der Waals surface area contributed by atoms with Gasteiger partial charge in [-0.15, -0.1) is 22.7 Å². The number of halogens is 1. The normalized spacial score (nSPS) is 11.0. The molecule has 3 heterocycles. The molecule has 0 N–H and O–H groups in total. The summed E-state index contributed by atoms with van der Waals surface area (Å²) in [5.74, 6) is 0.594. The van der Waals surface area contributed by atoms with Crippen molar-refractivity contribution in [3.05, 3.63) is 27.5 Å². The van der Waals surface area contributed by atoms with Crippen molar-refractivity contribution in [3.63, 3.8) is 0 Å². The van der Waals surface area contributed by atoms with Gasteiger partial charge in [0.15, 0.2) is 5.82 Å². The van der Waals surface area contributed by atoms with Crippen LogP contribution in [0.4, 0.5) is 0 Å². The van der Waals surface area contributed by atoms with Crippen LogP contribution in [-0.4, -0.2) is 15.0 Å². The van der Waals surface area contributed by atoms with E-state index >= 15 is 0 Å². The van der Waals surface area contributed by atoms with Gasteiger partial charge in [0.05, 0.1) is 5.51 Å². The third kappa shape index (κ3) is 1.52. The molecule has 0 saturated heterocycles. The molecule has 3 rings (SSSR count). The van der Waals surface area contributed by atoms with Crippen LogP contribution in [0.15, 0.2) is 22.3 Å². The lowest BCUT2D eigenvalue weighted by Crippen LogP contribution is -1.89. The van der Waals surface area contributed by atoms with Gasteiger partial charge in [0, 0.05) is 10.8 Å². The molecule has 3 aromatic heterocycles. The van der Waals surface area contributed by atoms with Gasteiger partial charge in [-0.05, 0) is 11.4 Å². The SMILES string of the molecule is Clc1nc(-c2cscn2)nc2sccc12. The summed E-state index contributed by atoms with van der Waals surface area (Å²) in [6.07, 6.45) is 0. The van der Waals surface area contributed by atoms with E-state index in [4.69, 9.17) is 11.6 Å². The average molecular weight is 254 g/mol. The molecule has 0 amide bonds. The maximum atomic E-state index is 6.05. The van der Waals surface area contributed by atoms with E-state index in [1.54, 1.807) is 16.8 Å². The minimum Gasteiger partial charge on any atom is -0.241 e. The molecule has 0 bridgehead atoms. The van der Waals surface area contributed by atoms with Crippen molar-refractivity contribution in [2.45, 2.75) is 0 Å². The second kappa shape index (κ2) is 3.52. The first-order valence-electron chi connectivity index (χ1n) is 4.14. The zero-order chi connectivity index (χ0) is 10.3. The monoisotopic (exact) mass is 253 g/mol. The Balaban J connectivity index is 2.29. The number of fused-ring (bicyclic) bond motifs is 1. The zero-order valence-corrected chi connectivity index (χ0v) is 9.73. The quantitative estimate of drug-likeness (QED) is 0.624. The number of nitrogens with zero attached hydrogens (tertiary/aromatic N) is 3. The third-order valence-electron chi connectivity index (χ3n) is 1.94. The van der Waals surface area contributed by atoms with Crippen LogP contribution in [0.1, 0.15) is 0 Å². The maximum absolute atomic E-state index is 6.05. The highest BCUT2D eigenvalue weighted by Gasteiger charge is 2.09. The van der Waals surface area contributed by atoms with E-state index in [1.165, 1.54) is 11.3 Å². The van der Waals surface area contributed by atoms with Crippen LogP contribution < -0.4 is 0 Å². The minimum atomic E-state index is 0.490. The fourth-order valence-corrected chi connectivity index (χ4v) is 2.84. The zero-order valence-electron chi connectivity index (χ0n) is 7.35. The largest absolute Gasteiger partial charge is 0.241 e. The second-order valence-corrected chi connectivity index (χ2v) is 4.82. The fourth-order valence-electron chi connectivity index (χ4n) is 1.26. The van der Waals surface area contributed by atoms with Crippen molar-refractivity contribution < 1.29 is 0 Å². The summed E-state index contributed by atoms with van der Waals surface area (Å²) >= 11 is 9.12. The van der Waals surface area contributed by atoms with E-state index in [0.29, 0.717) is 11.0 Å². The molecule has 3 aromatic rings. The molecule has 15 heavy (non-hydrogen) atoms. The number of thiazole rings is 1. The molecule has 6 heteroatoms. The van der Waals surface area contributed by atoms with Crippen molar-refractivity contribution in [1.29, 1.82) is 0 Å².